The van der Waals surface area contributed by atoms with Crippen molar-refractivity contribution in [1.29, 1.82) is 5.26 Å². The van der Waals surface area contributed by atoms with E-state index in [1.165, 1.54) is 0 Å². The zero-order chi connectivity index (χ0) is 20.1. The number of carbonyl (C=O) groups excluding carboxylic acids is 2. The number of hydrogen-bond acceptors (Lipinski definition) is 3. The van der Waals surface area contributed by atoms with Crippen LogP contribution in [0.4, 0.5) is 11.4 Å². The molecular formula is C23H25N3O2. The standard InChI is InChI=1S/C23H25N3O2/c1-15-3-4-16(2)21(13-15)26-23(28)19-9-7-18(8-10-19)22(27)25-20-11-5-17(14-24)6-12-20/h3-6,11-13,18-19H,7-10H2,1-2H3,(H,25,27)(H,26,28). The largest absolute Gasteiger partial charge is 0.326 e. The fraction of sp³-hybridized carbons (Fsp3) is 0.348. The van der Waals surface area contributed by atoms with Crippen LogP contribution in [-0.2, 0) is 9.59 Å². The Labute approximate surface area is 165 Å². The summed E-state index contributed by atoms with van der Waals surface area (Å²) in [6, 6.07) is 14.9. The van der Waals surface area contributed by atoms with Crippen LogP contribution in [0.15, 0.2) is 42.5 Å². The fourth-order valence-corrected chi connectivity index (χ4v) is 3.60. The summed E-state index contributed by atoms with van der Waals surface area (Å²) in [5, 5.41) is 14.8. The lowest BCUT2D eigenvalue weighted by molar-refractivity contribution is -0.125. The minimum absolute atomic E-state index is 0.0157. The Bertz CT molecular complexity index is 904. The van der Waals surface area contributed by atoms with Gasteiger partial charge in [-0.2, -0.15) is 5.26 Å². The molecule has 2 amide bonds. The van der Waals surface area contributed by atoms with Crippen molar-refractivity contribution >= 4 is 23.2 Å². The third-order valence-corrected chi connectivity index (χ3v) is 5.40. The first-order valence-electron chi connectivity index (χ1n) is 9.65. The predicted molar refractivity (Wildman–Crippen MR) is 110 cm³/mol. The van der Waals surface area contributed by atoms with E-state index in [1.807, 2.05) is 32.0 Å². The third-order valence-electron chi connectivity index (χ3n) is 5.40. The van der Waals surface area contributed by atoms with Crippen molar-refractivity contribution in [2.24, 2.45) is 11.8 Å². The quantitative estimate of drug-likeness (QED) is 0.822. The van der Waals surface area contributed by atoms with Gasteiger partial charge < -0.3 is 10.6 Å². The van der Waals surface area contributed by atoms with E-state index in [2.05, 4.69) is 16.7 Å². The van der Waals surface area contributed by atoms with E-state index in [9.17, 15) is 9.59 Å². The molecule has 1 aliphatic carbocycles. The van der Waals surface area contributed by atoms with Gasteiger partial charge >= 0.3 is 0 Å². The number of nitriles is 1. The molecule has 0 heterocycles. The molecule has 0 radical (unpaired) electrons. The molecule has 1 saturated carbocycles. The molecule has 5 nitrogen and oxygen atoms in total. The molecule has 0 unspecified atom stereocenters. The summed E-state index contributed by atoms with van der Waals surface area (Å²) in [6.07, 6.45) is 2.82. The maximum absolute atomic E-state index is 12.6. The van der Waals surface area contributed by atoms with Gasteiger partial charge in [-0.1, -0.05) is 12.1 Å². The van der Waals surface area contributed by atoms with Crippen molar-refractivity contribution in [3.63, 3.8) is 0 Å². The second-order valence-electron chi connectivity index (χ2n) is 7.53. The van der Waals surface area contributed by atoms with E-state index >= 15 is 0 Å². The zero-order valence-electron chi connectivity index (χ0n) is 16.3. The summed E-state index contributed by atoms with van der Waals surface area (Å²) >= 11 is 0. The van der Waals surface area contributed by atoms with Gasteiger partial charge in [0.25, 0.3) is 0 Å². The van der Waals surface area contributed by atoms with Gasteiger partial charge in [-0.05, 0) is 81.0 Å². The molecule has 2 N–H and O–H groups in total. The maximum atomic E-state index is 12.6. The Morgan fingerprint density at radius 2 is 1.46 bits per heavy atom. The SMILES string of the molecule is Cc1ccc(C)c(NC(=O)C2CCC(C(=O)Nc3ccc(C#N)cc3)CC2)c1. The molecule has 2 aromatic rings. The predicted octanol–water partition coefficient (Wildman–Crippen LogP) is 4.56. The molecule has 1 aliphatic rings. The van der Waals surface area contributed by atoms with Crippen LogP contribution in [0.1, 0.15) is 42.4 Å². The average Bonchev–Trinajstić information content (AvgIpc) is 2.71. The van der Waals surface area contributed by atoms with Gasteiger partial charge in [0.05, 0.1) is 11.6 Å². The van der Waals surface area contributed by atoms with Crippen LogP contribution in [0.2, 0.25) is 0 Å². The first kappa shape index (κ1) is 19.6. The molecule has 0 bridgehead atoms. The fourth-order valence-electron chi connectivity index (χ4n) is 3.60. The summed E-state index contributed by atoms with van der Waals surface area (Å²) in [7, 11) is 0. The van der Waals surface area contributed by atoms with Crippen LogP contribution in [0, 0.1) is 37.0 Å². The van der Waals surface area contributed by atoms with Crippen molar-refractivity contribution in [3.8, 4) is 6.07 Å². The van der Waals surface area contributed by atoms with Crippen LogP contribution < -0.4 is 10.6 Å². The molecule has 0 aromatic heterocycles. The molecule has 28 heavy (non-hydrogen) atoms. The van der Waals surface area contributed by atoms with Gasteiger partial charge in [0.1, 0.15) is 0 Å². The summed E-state index contributed by atoms with van der Waals surface area (Å²) in [5.41, 5.74) is 4.29. The molecule has 2 aromatic carbocycles. The van der Waals surface area contributed by atoms with Crippen molar-refractivity contribution in [3.05, 3.63) is 59.2 Å². The monoisotopic (exact) mass is 375 g/mol. The number of carbonyl (C=O) groups is 2. The number of anilines is 2. The number of nitrogens with one attached hydrogen (secondary N) is 2. The van der Waals surface area contributed by atoms with E-state index in [0.717, 1.165) is 16.8 Å². The van der Waals surface area contributed by atoms with Gasteiger partial charge in [0, 0.05) is 23.2 Å². The molecule has 3 rings (SSSR count). The Morgan fingerprint density at radius 3 is 2.04 bits per heavy atom. The Balaban J connectivity index is 1.51. The van der Waals surface area contributed by atoms with Crippen LogP contribution in [-0.4, -0.2) is 11.8 Å². The van der Waals surface area contributed by atoms with Crippen molar-refractivity contribution in [2.45, 2.75) is 39.5 Å². The molecule has 0 aliphatic heterocycles. The maximum Gasteiger partial charge on any atom is 0.227 e. The molecule has 1 fully saturated rings. The summed E-state index contributed by atoms with van der Waals surface area (Å²) < 4.78 is 0. The second-order valence-corrected chi connectivity index (χ2v) is 7.53. The summed E-state index contributed by atoms with van der Waals surface area (Å²) in [6.45, 7) is 3.99. The van der Waals surface area contributed by atoms with Crippen LogP contribution in [0.25, 0.3) is 0 Å². The Morgan fingerprint density at radius 1 is 0.893 bits per heavy atom. The average molecular weight is 375 g/mol. The highest BCUT2D eigenvalue weighted by atomic mass is 16.2. The lowest BCUT2D eigenvalue weighted by Crippen LogP contribution is -2.32. The van der Waals surface area contributed by atoms with Gasteiger partial charge in [0.2, 0.25) is 11.8 Å². The second kappa shape index (κ2) is 8.71. The number of amides is 2. The highest BCUT2D eigenvalue weighted by molar-refractivity contribution is 5.95. The number of nitrogens with zero attached hydrogens (tertiary/aromatic N) is 1. The van der Waals surface area contributed by atoms with Gasteiger partial charge in [-0.25, -0.2) is 0 Å². The third kappa shape index (κ3) is 4.77. The highest BCUT2D eigenvalue weighted by Crippen LogP contribution is 2.31. The first-order chi connectivity index (χ1) is 13.5. The number of benzene rings is 2. The van der Waals surface area contributed by atoms with Gasteiger partial charge in [-0.3, -0.25) is 9.59 Å². The summed E-state index contributed by atoms with van der Waals surface area (Å²) in [5.74, 6) is -0.114. The van der Waals surface area contributed by atoms with E-state index in [0.29, 0.717) is 36.9 Å². The minimum atomic E-state index is -0.0830. The molecule has 0 saturated heterocycles. The highest BCUT2D eigenvalue weighted by Gasteiger charge is 2.30. The van der Waals surface area contributed by atoms with Crippen molar-refractivity contribution in [2.75, 3.05) is 10.6 Å². The van der Waals surface area contributed by atoms with Crippen LogP contribution >= 0.6 is 0 Å². The Kier molecular flexibility index (Phi) is 6.10. The normalized spacial score (nSPS) is 18.8. The van der Waals surface area contributed by atoms with Crippen molar-refractivity contribution < 1.29 is 9.59 Å². The Hall–Kier alpha value is -3.13. The smallest absolute Gasteiger partial charge is 0.227 e. The number of hydrogen-bond donors (Lipinski definition) is 2. The van der Waals surface area contributed by atoms with E-state index < -0.39 is 0 Å². The molecule has 0 atom stereocenters. The van der Waals surface area contributed by atoms with E-state index in [4.69, 9.17) is 5.26 Å². The van der Waals surface area contributed by atoms with E-state index in [1.54, 1.807) is 24.3 Å². The van der Waals surface area contributed by atoms with Gasteiger partial charge in [0.15, 0.2) is 0 Å². The molecule has 144 valence electrons. The lowest BCUT2D eigenvalue weighted by Gasteiger charge is -2.27. The molecule has 0 spiro atoms. The number of aryl methyl sites for hydroxylation is 2. The topological polar surface area (TPSA) is 82.0 Å². The molecule has 5 heteroatoms. The minimum Gasteiger partial charge on any atom is -0.326 e. The van der Waals surface area contributed by atoms with Crippen LogP contribution in [0.3, 0.4) is 0 Å². The lowest BCUT2D eigenvalue weighted by atomic mass is 9.81. The van der Waals surface area contributed by atoms with Crippen molar-refractivity contribution in [1.82, 2.24) is 0 Å². The summed E-state index contributed by atoms with van der Waals surface area (Å²) in [4.78, 5) is 25.1. The molecular weight excluding hydrogens is 350 g/mol. The first-order valence-corrected chi connectivity index (χ1v) is 9.65. The number of rotatable bonds is 4. The zero-order valence-corrected chi connectivity index (χ0v) is 16.3. The van der Waals surface area contributed by atoms with Gasteiger partial charge in [-0.15, -0.1) is 0 Å². The van der Waals surface area contributed by atoms with Crippen LogP contribution in [0.5, 0.6) is 0 Å². The van der Waals surface area contributed by atoms with E-state index in [-0.39, 0.29) is 23.7 Å².